The lowest BCUT2D eigenvalue weighted by Crippen LogP contribution is -2.45. The molecule has 1 aliphatic rings. The van der Waals surface area contributed by atoms with E-state index in [1.165, 1.54) is 24.3 Å². The summed E-state index contributed by atoms with van der Waals surface area (Å²) in [7, 11) is -3.28. The summed E-state index contributed by atoms with van der Waals surface area (Å²) in [6, 6.07) is 5.79. The zero-order chi connectivity index (χ0) is 17.7. The van der Waals surface area contributed by atoms with E-state index < -0.39 is 16.3 Å². The van der Waals surface area contributed by atoms with E-state index in [-0.39, 0.29) is 29.1 Å². The third-order valence-electron chi connectivity index (χ3n) is 4.17. The number of likely N-dealkylation sites (tertiary alicyclic amines) is 1. The number of sulfone groups is 1. The number of amides is 1. The maximum Gasteiger partial charge on any atom is 0.251 e. The second kappa shape index (κ2) is 8.02. The number of nitrogens with one attached hydrogen (secondary N) is 1. The average molecular weight is 360 g/mol. The Morgan fingerprint density at radius 1 is 1.25 bits per heavy atom. The van der Waals surface area contributed by atoms with Gasteiger partial charge >= 0.3 is 0 Å². The summed E-state index contributed by atoms with van der Waals surface area (Å²) in [5.74, 6) is -0.266. The Kier molecular flexibility index (Phi) is 6.28. The molecule has 0 saturated carbocycles. The Hall–Kier alpha value is -1.54. The van der Waals surface area contributed by atoms with Crippen molar-refractivity contribution < 1.29 is 22.0 Å². The predicted octanol–water partition coefficient (Wildman–Crippen LogP) is 1.94. The van der Waals surface area contributed by atoms with E-state index in [1.807, 2.05) is 0 Å². The van der Waals surface area contributed by atoms with Crippen LogP contribution < -0.4 is 5.32 Å². The van der Waals surface area contributed by atoms with E-state index in [0.29, 0.717) is 31.5 Å². The topological polar surface area (TPSA) is 66.5 Å². The number of piperidine rings is 1. The van der Waals surface area contributed by atoms with Gasteiger partial charge in [-0.2, -0.15) is 0 Å². The summed E-state index contributed by atoms with van der Waals surface area (Å²) in [6.07, 6.45) is -1.09. The van der Waals surface area contributed by atoms with Crippen LogP contribution in [0.25, 0.3) is 0 Å². The molecule has 2 rings (SSSR count). The smallest absolute Gasteiger partial charge is 0.251 e. The van der Waals surface area contributed by atoms with Gasteiger partial charge in [0.15, 0.2) is 9.84 Å². The molecule has 0 radical (unpaired) electrons. The highest BCUT2D eigenvalue weighted by Crippen LogP contribution is 2.15. The first-order valence-corrected chi connectivity index (χ1v) is 9.61. The average Bonchev–Trinajstić information content (AvgIpc) is 2.56. The second-order valence-electron chi connectivity index (χ2n) is 5.87. The zero-order valence-electron chi connectivity index (χ0n) is 13.5. The normalized spacial score (nSPS) is 17.2. The minimum atomic E-state index is -3.28. The minimum Gasteiger partial charge on any atom is -0.349 e. The van der Waals surface area contributed by atoms with Crippen molar-refractivity contribution in [3.05, 3.63) is 29.8 Å². The largest absolute Gasteiger partial charge is 0.349 e. The number of benzene rings is 1. The third-order valence-corrected chi connectivity index (χ3v) is 5.93. The molecule has 134 valence electrons. The van der Waals surface area contributed by atoms with E-state index in [4.69, 9.17) is 0 Å². The molecule has 5 nitrogen and oxygen atoms in total. The van der Waals surface area contributed by atoms with Crippen molar-refractivity contribution in [1.82, 2.24) is 10.2 Å². The number of hydrogen-bond acceptors (Lipinski definition) is 4. The quantitative estimate of drug-likeness (QED) is 0.842. The number of halogens is 2. The molecule has 0 atom stereocenters. The molecule has 1 heterocycles. The van der Waals surface area contributed by atoms with Gasteiger partial charge in [-0.25, -0.2) is 17.2 Å². The lowest BCUT2D eigenvalue weighted by Gasteiger charge is -2.32. The lowest BCUT2D eigenvalue weighted by atomic mass is 10.0. The Balaban J connectivity index is 1.89. The van der Waals surface area contributed by atoms with Gasteiger partial charge in [0.05, 0.1) is 17.2 Å². The summed E-state index contributed by atoms with van der Waals surface area (Å²) < 4.78 is 48.2. The van der Waals surface area contributed by atoms with Crippen LogP contribution in [0.1, 0.15) is 30.1 Å². The third kappa shape index (κ3) is 4.98. The molecule has 0 unspecified atom stereocenters. The van der Waals surface area contributed by atoms with Crippen molar-refractivity contribution in [2.24, 2.45) is 0 Å². The van der Waals surface area contributed by atoms with Gasteiger partial charge in [0.25, 0.3) is 12.3 Å². The van der Waals surface area contributed by atoms with Crippen molar-refractivity contribution in [3.63, 3.8) is 0 Å². The van der Waals surface area contributed by atoms with Gasteiger partial charge in [0, 0.05) is 24.7 Å². The standard InChI is InChI=1S/C16H22F2N2O3S/c1-2-24(22,23)14-5-3-12(4-6-14)16(21)19-13-7-9-20(10-8-13)11-15(17)18/h3-6,13,15H,2,7-11H2,1H3,(H,19,21). The molecular formula is C16H22F2N2O3S. The molecule has 1 saturated heterocycles. The first-order valence-electron chi connectivity index (χ1n) is 7.96. The number of hydrogen-bond donors (Lipinski definition) is 1. The van der Waals surface area contributed by atoms with Crippen LogP contribution in [0.3, 0.4) is 0 Å². The van der Waals surface area contributed by atoms with Gasteiger partial charge in [-0.3, -0.25) is 9.69 Å². The van der Waals surface area contributed by atoms with E-state index >= 15 is 0 Å². The van der Waals surface area contributed by atoms with Crippen LogP contribution in [-0.2, 0) is 9.84 Å². The fourth-order valence-electron chi connectivity index (χ4n) is 2.70. The highest BCUT2D eigenvalue weighted by atomic mass is 32.2. The van der Waals surface area contributed by atoms with Crippen LogP contribution in [0.5, 0.6) is 0 Å². The minimum absolute atomic E-state index is 0.00966. The number of carbonyl (C=O) groups is 1. The first kappa shape index (κ1) is 18.8. The van der Waals surface area contributed by atoms with E-state index in [9.17, 15) is 22.0 Å². The molecule has 8 heteroatoms. The monoisotopic (exact) mass is 360 g/mol. The molecule has 1 N–H and O–H groups in total. The van der Waals surface area contributed by atoms with E-state index in [1.54, 1.807) is 11.8 Å². The number of rotatable bonds is 6. The van der Waals surface area contributed by atoms with Crippen LogP contribution in [0.2, 0.25) is 0 Å². The lowest BCUT2D eigenvalue weighted by molar-refractivity contribution is 0.0696. The van der Waals surface area contributed by atoms with Crippen LogP contribution >= 0.6 is 0 Å². The summed E-state index contributed by atoms with van der Waals surface area (Å²) in [4.78, 5) is 14.1. The molecular weight excluding hydrogens is 338 g/mol. The summed E-state index contributed by atoms with van der Waals surface area (Å²) >= 11 is 0. The van der Waals surface area contributed by atoms with Gasteiger partial charge in [-0.1, -0.05) is 6.92 Å². The van der Waals surface area contributed by atoms with E-state index in [2.05, 4.69) is 5.32 Å². The van der Waals surface area contributed by atoms with Crippen molar-refractivity contribution in [3.8, 4) is 0 Å². The zero-order valence-corrected chi connectivity index (χ0v) is 14.4. The number of nitrogens with zero attached hydrogens (tertiary/aromatic N) is 1. The van der Waals surface area contributed by atoms with Crippen molar-refractivity contribution >= 4 is 15.7 Å². The van der Waals surface area contributed by atoms with Crippen LogP contribution in [0, 0.1) is 0 Å². The van der Waals surface area contributed by atoms with Crippen LogP contribution in [0.15, 0.2) is 29.2 Å². The summed E-state index contributed by atoms with van der Waals surface area (Å²) in [5.41, 5.74) is 0.389. The Labute approximate surface area is 141 Å². The molecule has 0 aromatic heterocycles. The molecule has 1 fully saturated rings. The van der Waals surface area contributed by atoms with Crippen molar-refractivity contribution in [2.75, 3.05) is 25.4 Å². The molecule has 1 aromatic carbocycles. The Bertz CT molecular complexity index is 654. The predicted molar refractivity (Wildman–Crippen MR) is 87.1 cm³/mol. The number of alkyl halides is 2. The van der Waals surface area contributed by atoms with Gasteiger partial charge in [-0.15, -0.1) is 0 Å². The van der Waals surface area contributed by atoms with Gasteiger partial charge in [-0.05, 0) is 37.1 Å². The number of carbonyl (C=O) groups excluding carboxylic acids is 1. The van der Waals surface area contributed by atoms with Gasteiger partial charge in [0.1, 0.15) is 0 Å². The maximum atomic E-state index is 12.3. The summed E-state index contributed by atoms with van der Waals surface area (Å²) in [6.45, 7) is 2.40. The highest BCUT2D eigenvalue weighted by molar-refractivity contribution is 7.91. The molecule has 1 aromatic rings. The van der Waals surface area contributed by atoms with Crippen molar-refractivity contribution in [1.29, 1.82) is 0 Å². The molecule has 0 aliphatic carbocycles. The highest BCUT2D eigenvalue weighted by Gasteiger charge is 2.23. The summed E-state index contributed by atoms with van der Waals surface area (Å²) in [5, 5.41) is 2.88. The fourth-order valence-corrected chi connectivity index (χ4v) is 3.59. The molecule has 0 spiro atoms. The van der Waals surface area contributed by atoms with Crippen LogP contribution in [-0.4, -0.2) is 57.1 Å². The van der Waals surface area contributed by atoms with Crippen molar-refractivity contribution in [2.45, 2.75) is 37.1 Å². The van der Waals surface area contributed by atoms with Crippen LogP contribution in [0.4, 0.5) is 8.78 Å². The fraction of sp³-hybridized carbons (Fsp3) is 0.562. The maximum absolute atomic E-state index is 12.3. The van der Waals surface area contributed by atoms with Gasteiger partial charge < -0.3 is 5.32 Å². The molecule has 0 bridgehead atoms. The molecule has 1 amide bonds. The molecule has 24 heavy (non-hydrogen) atoms. The second-order valence-corrected chi connectivity index (χ2v) is 8.15. The Morgan fingerprint density at radius 3 is 2.33 bits per heavy atom. The van der Waals surface area contributed by atoms with Gasteiger partial charge in [0.2, 0.25) is 0 Å². The SMILES string of the molecule is CCS(=O)(=O)c1ccc(C(=O)NC2CCN(CC(F)F)CC2)cc1. The van der Waals surface area contributed by atoms with E-state index in [0.717, 1.165) is 0 Å². The Morgan fingerprint density at radius 2 is 1.83 bits per heavy atom. The molecule has 1 aliphatic heterocycles. The first-order chi connectivity index (χ1) is 11.3.